The quantitative estimate of drug-likeness (QED) is 0.843. The van der Waals surface area contributed by atoms with E-state index in [1.165, 1.54) is 0 Å². The van der Waals surface area contributed by atoms with Crippen LogP contribution < -0.4 is 5.32 Å². The van der Waals surface area contributed by atoms with Crippen molar-refractivity contribution in [2.75, 3.05) is 18.4 Å². The molecule has 1 saturated heterocycles. The molecule has 1 unspecified atom stereocenters. The smallest absolute Gasteiger partial charge is 0.304 e. The van der Waals surface area contributed by atoms with Gasteiger partial charge in [0, 0.05) is 12.1 Å². The van der Waals surface area contributed by atoms with Crippen LogP contribution in [0.15, 0.2) is 10.6 Å². The van der Waals surface area contributed by atoms with Crippen molar-refractivity contribution < 1.29 is 19.2 Å². The minimum absolute atomic E-state index is 0.0662. The molecule has 0 bridgehead atoms. The van der Waals surface area contributed by atoms with E-state index in [4.69, 9.17) is 9.63 Å². The van der Waals surface area contributed by atoms with Gasteiger partial charge in [0.2, 0.25) is 11.8 Å². The number of hydrogen-bond donors (Lipinski definition) is 2. The zero-order valence-electron chi connectivity index (χ0n) is 11.5. The number of likely N-dealkylation sites (tertiary alicyclic amines) is 1. The minimum atomic E-state index is -0.826. The number of anilines is 1. The zero-order valence-corrected chi connectivity index (χ0v) is 11.5. The van der Waals surface area contributed by atoms with Crippen LogP contribution in [0.2, 0.25) is 0 Å². The van der Waals surface area contributed by atoms with Crippen LogP contribution in [-0.4, -0.2) is 46.2 Å². The number of carbonyl (C=O) groups is 2. The molecule has 1 fully saturated rings. The molecule has 0 aliphatic carbocycles. The molecule has 7 nitrogen and oxygen atoms in total. The first-order valence-corrected chi connectivity index (χ1v) is 6.73. The molecule has 1 aliphatic heterocycles. The van der Waals surface area contributed by atoms with E-state index in [2.05, 4.69) is 10.5 Å². The van der Waals surface area contributed by atoms with Crippen molar-refractivity contribution in [2.24, 2.45) is 0 Å². The maximum absolute atomic E-state index is 11.9. The first-order chi connectivity index (χ1) is 9.54. The van der Waals surface area contributed by atoms with Gasteiger partial charge in [-0.05, 0) is 26.3 Å². The second kappa shape index (κ2) is 6.51. The molecule has 0 spiro atoms. The van der Waals surface area contributed by atoms with Crippen molar-refractivity contribution >= 4 is 17.8 Å². The SMILES string of the molecule is Cc1cc(NC(=O)CN2CCCCC2CC(=O)O)on1. The second-order valence-electron chi connectivity index (χ2n) is 5.10. The minimum Gasteiger partial charge on any atom is -0.481 e. The Kier molecular flexibility index (Phi) is 4.73. The third-order valence-corrected chi connectivity index (χ3v) is 3.40. The van der Waals surface area contributed by atoms with Gasteiger partial charge in [0.1, 0.15) is 0 Å². The summed E-state index contributed by atoms with van der Waals surface area (Å²) in [6.45, 7) is 2.70. The van der Waals surface area contributed by atoms with Gasteiger partial charge in [0.05, 0.1) is 18.7 Å². The van der Waals surface area contributed by atoms with E-state index < -0.39 is 5.97 Å². The van der Waals surface area contributed by atoms with Crippen molar-refractivity contribution in [3.8, 4) is 0 Å². The van der Waals surface area contributed by atoms with Crippen LogP contribution in [0.3, 0.4) is 0 Å². The number of hydrogen-bond acceptors (Lipinski definition) is 5. The molecule has 0 saturated carbocycles. The lowest BCUT2D eigenvalue weighted by atomic mass is 9.99. The summed E-state index contributed by atoms with van der Waals surface area (Å²) >= 11 is 0. The summed E-state index contributed by atoms with van der Waals surface area (Å²) in [6, 6.07) is 1.58. The highest BCUT2D eigenvalue weighted by Gasteiger charge is 2.26. The maximum atomic E-state index is 11.9. The van der Waals surface area contributed by atoms with Crippen LogP contribution in [0.1, 0.15) is 31.4 Å². The Balaban J connectivity index is 1.89. The molecular weight excluding hydrogens is 262 g/mol. The van der Waals surface area contributed by atoms with E-state index in [9.17, 15) is 9.59 Å². The van der Waals surface area contributed by atoms with Gasteiger partial charge in [-0.25, -0.2) is 0 Å². The number of carboxylic acid groups (broad SMARTS) is 1. The van der Waals surface area contributed by atoms with Crippen LogP contribution in [0.5, 0.6) is 0 Å². The van der Waals surface area contributed by atoms with Crippen molar-refractivity contribution in [1.29, 1.82) is 0 Å². The van der Waals surface area contributed by atoms with Gasteiger partial charge in [-0.1, -0.05) is 11.6 Å². The fourth-order valence-corrected chi connectivity index (χ4v) is 2.48. The zero-order chi connectivity index (χ0) is 14.5. The van der Waals surface area contributed by atoms with Gasteiger partial charge in [-0.3, -0.25) is 19.8 Å². The first kappa shape index (κ1) is 14.5. The molecule has 20 heavy (non-hydrogen) atoms. The number of nitrogens with one attached hydrogen (secondary N) is 1. The van der Waals surface area contributed by atoms with Gasteiger partial charge in [0.25, 0.3) is 0 Å². The standard InChI is InChI=1S/C13H19N3O4/c1-9-6-12(20-15-9)14-11(17)8-16-5-3-2-4-10(16)7-13(18)19/h6,10H,2-5,7-8H2,1H3,(H,14,17)(H,18,19). The Morgan fingerprint density at radius 3 is 3.00 bits per heavy atom. The summed E-state index contributed by atoms with van der Waals surface area (Å²) in [6.07, 6.45) is 2.90. The van der Waals surface area contributed by atoms with Gasteiger partial charge < -0.3 is 9.63 Å². The highest BCUT2D eigenvalue weighted by atomic mass is 16.5. The molecular formula is C13H19N3O4. The van der Waals surface area contributed by atoms with E-state index >= 15 is 0 Å². The summed E-state index contributed by atoms with van der Waals surface area (Å²) < 4.78 is 4.92. The highest BCUT2D eigenvalue weighted by Crippen LogP contribution is 2.19. The molecule has 2 heterocycles. The lowest BCUT2D eigenvalue weighted by molar-refractivity contribution is -0.139. The molecule has 1 aromatic rings. The van der Waals surface area contributed by atoms with Crippen LogP contribution in [0.4, 0.5) is 5.88 Å². The molecule has 0 radical (unpaired) electrons. The summed E-state index contributed by atoms with van der Waals surface area (Å²) in [5.74, 6) is -0.717. The Labute approximate surface area is 116 Å². The summed E-state index contributed by atoms with van der Waals surface area (Å²) in [5.41, 5.74) is 0.696. The molecule has 110 valence electrons. The molecule has 2 rings (SSSR count). The van der Waals surface area contributed by atoms with Crippen LogP contribution in [0.25, 0.3) is 0 Å². The van der Waals surface area contributed by atoms with Crippen molar-refractivity contribution in [2.45, 2.75) is 38.6 Å². The summed E-state index contributed by atoms with van der Waals surface area (Å²) in [7, 11) is 0. The van der Waals surface area contributed by atoms with Crippen LogP contribution in [0, 0.1) is 6.92 Å². The number of piperidine rings is 1. The number of rotatable bonds is 5. The average molecular weight is 281 g/mol. The molecule has 2 N–H and O–H groups in total. The van der Waals surface area contributed by atoms with Gasteiger partial charge in [0.15, 0.2) is 0 Å². The normalized spacial score (nSPS) is 19.8. The lowest BCUT2D eigenvalue weighted by Crippen LogP contribution is -2.44. The molecule has 1 atom stereocenters. The number of amides is 1. The number of aryl methyl sites for hydroxylation is 1. The largest absolute Gasteiger partial charge is 0.481 e. The van der Waals surface area contributed by atoms with Crippen LogP contribution >= 0.6 is 0 Å². The molecule has 0 aromatic carbocycles. The Bertz CT molecular complexity index is 486. The number of carboxylic acids is 1. The van der Waals surface area contributed by atoms with E-state index in [-0.39, 0.29) is 24.9 Å². The summed E-state index contributed by atoms with van der Waals surface area (Å²) in [4.78, 5) is 24.7. The number of aliphatic carboxylic acids is 1. The van der Waals surface area contributed by atoms with Crippen molar-refractivity contribution in [1.82, 2.24) is 10.1 Å². The average Bonchev–Trinajstić information content (AvgIpc) is 2.76. The Morgan fingerprint density at radius 1 is 1.55 bits per heavy atom. The predicted octanol–water partition coefficient (Wildman–Crippen LogP) is 1.25. The van der Waals surface area contributed by atoms with Gasteiger partial charge in [-0.2, -0.15) is 0 Å². The van der Waals surface area contributed by atoms with Crippen molar-refractivity contribution in [3.05, 3.63) is 11.8 Å². The fourth-order valence-electron chi connectivity index (χ4n) is 2.48. The maximum Gasteiger partial charge on any atom is 0.304 e. The number of nitrogens with zero attached hydrogens (tertiary/aromatic N) is 2. The summed E-state index contributed by atoms with van der Waals surface area (Å²) in [5, 5.41) is 15.2. The topological polar surface area (TPSA) is 95.7 Å². The van der Waals surface area contributed by atoms with E-state index in [1.54, 1.807) is 13.0 Å². The molecule has 7 heteroatoms. The number of carbonyl (C=O) groups excluding carboxylic acids is 1. The van der Waals surface area contributed by atoms with Crippen molar-refractivity contribution in [3.63, 3.8) is 0 Å². The first-order valence-electron chi connectivity index (χ1n) is 6.73. The fraction of sp³-hybridized carbons (Fsp3) is 0.615. The predicted molar refractivity (Wildman–Crippen MR) is 71.3 cm³/mol. The molecule has 1 aliphatic rings. The highest BCUT2D eigenvalue weighted by molar-refractivity contribution is 5.91. The second-order valence-corrected chi connectivity index (χ2v) is 5.10. The van der Waals surface area contributed by atoms with Crippen LogP contribution in [-0.2, 0) is 9.59 Å². The molecule has 1 aromatic heterocycles. The van der Waals surface area contributed by atoms with E-state index in [0.717, 1.165) is 25.8 Å². The Hall–Kier alpha value is -1.89. The third-order valence-electron chi connectivity index (χ3n) is 3.40. The number of aromatic nitrogens is 1. The van der Waals surface area contributed by atoms with Gasteiger partial charge >= 0.3 is 5.97 Å². The Morgan fingerprint density at radius 2 is 2.35 bits per heavy atom. The third kappa shape index (κ3) is 4.06. The molecule has 1 amide bonds. The van der Waals surface area contributed by atoms with E-state index in [0.29, 0.717) is 11.6 Å². The lowest BCUT2D eigenvalue weighted by Gasteiger charge is -2.34. The monoisotopic (exact) mass is 281 g/mol. The van der Waals surface area contributed by atoms with Gasteiger partial charge in [-0.15, -0.1) is 0 Å². The van der Waals surface area contributed by atoms with E-state index in [1.807, 2.05) is 4.90 Å².